The normalized spacial score (nSPS) is 28.6. The van der Waals surface area contributed by atoms with Gasteiger partial charge in [-0.25, -0.2) is 0 Å². The van der Waals surface area contributed by atoms with Gasteiger partial charge in [0, 0.05) is 6.08 Å². The number of hydrogen-bond donors (Lipinski definition) is 0. The van der Waals surface area contributed by atoms with Crippen molar-refractivity contribution in [2.24, 2.45) is 17.8 Å². The summed E-state index contributed by atoms with van der Waals surface area (Å²) in [5.41, 5.74) is 3.01. The maximum atomic E-state index is 8.55. The predicted molar refractivity (Wildman–Crippen MR) is 119 cm³/mol. The van der Waals surface area contributed by atoms with Crippen LogP contribution in [0, 0.1) is 29.1 Å². The summed E-state index contributed by atoms with van der Waals surface area (Å²) in [5, 5.41) is 8.55. The van der Waals surface area contributed by atoms with Crippen molar-refractivity contribution in [1.82, 2.24) is 0 Å². The quantitative estimate of drug-likeness (QED) is 0.353. The van der Waals surface area contributed by atoms with Crippen molar-refractivity contribution in [3.05, 3.63) is 59.7 Å². The summed E-state index contributed by atoms with van der Waals surface area (Å²) >= 11 is 0. The van der Waals surface area contributed by atoms with Gasteiger partial charge in [0.25, 0.3) is 0 Å². The first-order valence-electron chi connectivity index (χ1n) is 11.6. The zero-order valence-electron chi connectivity index (χ0n) is 17.7. The molecule has 3 rings (SSSR count). The van der Waals surface area contributed by atoms with Gasteiger partial charge in [0.1, 0.15) is 0 Å². The van der Waals surface area contributed by atoms with Crippen molar-refractivity contribution in [2.45, 2.75) is 83.5 Å². The molecule has 0 bridgehead atoms. The lowest BCUT2D eigenvalue weighted by atomic mass is 9.77. The molecule has 150 valence electrons. The highest BCUT2D eigenvalue weighted by Gasteiger charge is 2.22. The second-order valence-corrected chi connectivity index (χ2v) is 8.98. The van der Waals surface area contributed by atoms with Crippen molar-refractivity contribution >= 4 is 0 Å². The molecule has 0 N–H and O–H groups in total. The van der Waals surface area contributed by atoms with Crippen molar-refractivity contribution in [2.75, 3.05) is 0 Å². The number of hydrogen-bond acceptors (Lipinski definition) is 1. The lowest BCUT2D eigenvalue weighted by molar-refractivity contribution is 0.295. The van der Waals surface area contributed by atoms with E-state index >= 15 is 0 Å². The van der Waals surface area contributed by atoms with Crippen LogP contribution in [-0.4, -0.2) is 0 Å². The molecule has 28 heavy (non-hydrogen) atoms. The van der Waals surface area contributed by atoms with Crippen molar-refractivity contribution < 1.29 is 0 Å². The van der Waals surface area contributed by atoms with Gasteiger partial charge in [-0.05, 0) is 105 Å². The van der Waals surface area contributed by atoms with E-state index in [0.717, 1.165) is 36.5 Å². The fraction of sp³-hybridized carbons (Fsp3) is 0.593. The van der Waals surface area contributed by atoms with Gasteiger partial charge in [-0.15, -0.1) is 0 Å². The maximum Gasteiger partial charge on any atom is 0.0908 e. The SMILES string of the molecule is CCc1ccc([C@H]2CC[C@H](C=C[C@H]3CC[C@H](CCC=CC#N)CC3)CC2)cc1. The molecule has 0 heterocycles. The highest BCUT2D eigenvalue weighted by Crippen LogP contribution is 2.37. The number of nitriles is 1. The minimum atomic E-state index is 0.779. The lowest BCUT2D eigenvalue weighted by Crippen LogP contribution is -2.14. The molecule has 1 aromatic carbocycles. The van der Waals surface area contributed by atoms with Gasteiger partial charge in [-0.3, -0.25) is 0 Å². The standard InChI is InChI=1S/C27H37N/c1-2-22-13-17-26(18-14-22)27-19-15-25(16-20-27)12-11-24-9-7-23(8-10-24)6-4-3-5-21-28/h3,5,11-14,17-18,23-25,27H,2,4,6-10,15-16,19-20H2,1H3/t23-,24-,25-,27-. The van der Waals surface area contributed by atoms with E-state index in [4.69, 9.17) is 5.26 Å². The van der Waals surface area contributed by atoms with E-state index in [1.807, 2.05) is 6.08 Å². The van der Waals surface area contributed by atoms with Gasteiger partial charge in [0.15, 0.2) is 0 Å². The summed E-state index contributed by atoms with van der Waals surface area (Å²) in [7, 11) is 0. The van der Waals surface area contributed by atoms with Crippen molar-refractivity contribution in [3.63, 3.8) is 0 Å². The number of allylic oxidation sites excluding steroid dienone is 4. The van der Waals surface area contributed by atoms with E-state index in [-0.39, 0.29) is 0 Å². The van der Waals surface area contributed by atoms with Crippen LogP contribution in [0.15, 0.2) is 48.6 Å². The van der Waals surface area contributed by atoms with Crippen LogP contribution >= 0.6 is 0 Å². The van der Waals surface area contributed by atoms with Gasteiger partial charge in [0.2, 0.25) is 0 Å². The van der Waals surface area contributed by atoms with Crippen LogP contribution < -0.4 is 0 Å². The number of rotatable bonds is 7. The van der Waals surface area contributed by atoms with Gasteiger partial charge >= 0.3 is 0 Å². The maximum absolute atomic E-state index is 8.55. The molecular formula is C27H37N. The summed E-state index contributed by atoms with van der Waals surface area (Å²) in [5.74, 6) is 3.27. The van der Waals surface area contributed by atoms with E-state index in [1.54, 1.807) is 11.6 Å². The third kappa shape index (κ3) is 6.37. The Bertz CT molecular complexity index is 659. The number of aryl methyl sites for hydroxylation is 1. The minimum Gasteiger partial charge on any atom is -0.193 e. The molecule has 0 atom stereocenters. The van der Waals surface area contributed by atoms with E-state index in [0.29, 0.717) is 0 Å². The van der Waals surface area contributed by atoms with E-state index in [1.165, 1.54) is 63.4 Å². The van der Waals surface area contributed by atoms with Crippen LogP contribution in [-0.2, 0) is 6.42 Å². The third-order valence-electron chi connectivity index (χ3n) is 7.11. The molecule has 1 aromatic rings. The molecule has 0 saturated heterocycles. The van der Waals surface area contributed by atoms with Crippen molar-refractivity contribution in [1.29, 1.82) is 5.26 Å². The first kappa shape index (κ1) is 20.9. The Balaban J connectivity index is 1.36. The molecule has 0 aliphatic heterocycles. The van der Waals surface area contributed by atoms with Crippen LogP contribution in [0.25, 0.3) is 0 Å². The number of nitrogens with zero attached hydrogens (tertiary/aromatic N) is 1. The molecule has 2 aliphatic rings. The van der Waals surface area contributed by atoms with E-state index in [2.05, 4.69) is 49.4 Å². The summed E-state index contributed by atoms with van der Waals surface area (Å²) in [6.07, 6.45) is 23.1. The lowest BCUT2D eigenvalue weighted by Gasteiger charge is -2.29. The molecule has 0 radical (unpaired) electrons. The van der Waals surface area contributed by atoms with Crippen LogP contribution in [0.1, 0.15) is 88.2 Å². The number of benzene rings is 1. The van der Waals surface area contributed by atoms with E-state index < -0.39 is 0 Å². The van der Waals surface area contributed by atoms with Crippen LogP contribution in [0.4, 0.5) is 0 Å². The predicted octanol–water partition coefficient (Wildman–Crippen LogP) is 7.75. The van der Waals surface area contributed by atoms with Crippen LogP contribution in [0.2, 0.25) is 0 Å². The van der Waals surface area contributed by atoms with E-state index in [9.17, 15) is 0 Å². The topological polar surface area (TPSA) is 23.8 Å². The fourth-order valence-corrected chi connectivity index (χ4v) is 5.12. The smallest absolute Gasteiger partial charge is 0.0908 e. The first-order chi connectivity index (χ1) is 13.8. The Kier molecular flexibility index (Phi) is 8.41. The molecule has 2 fully saturated rings. The van der Waals surface area contributed by atoms with Gasteiger partial charge in [-0.2, -0.15) is 5.26 Å². The van der Waals surface area contributed by atoms with Gasteiger partial charge in [-0.1, -0.05) is 49.4 Å². The summed E-state index contributed by atoms with van der Waals surface area (Å²) in [6.45, 7) is 2.23. The molecule has 1 heteroatoms. The summed E-state index contributed by atoms with van der Waals surface area (Å²) in [4.78, 5) is 0. The molecule has 1 nitrogen and oxygen atoms in total. The fourth-order valence-electron chi connectivity index (χ4n) is 5.12. The van der Waals surface area contributed by atoms with Crippen LogP contribution in [0.3, 0.4) is 0 Å². The Labute approximate surface area is 172 Å². The summed E-state index contributed by atoms with van der Waals surface area (Å²) in [6, 6.07) is 11.5. The molecular weight excluding hydrogens is 338 g/mol. The Morgan fingerprint density at radius 1 is 0.893 bits per heavy atom. The molecule has 0 spiro atoms. The van der Waals surface area contributed by atoms with Crippen LogP contribution in [0.5, 0.6) is 0 Å². The van der Waals surface area contributed by atoms with Gasteiger partial charge < -0.3 is 0 Å². The first-order valence-corrected chi connectivity index (χ1v) is 11.6. The molecule has 2 saturated carbocycles. The minimum absolute atomic E-state index is 0.779. The zero-order chi connectivity index (χ0) is 19.6. The van der Waals surface area contributed by atoms with Gasteiger partial charge in [0.05, 0.1) is 6.07 Å². The Hall–Kier alpha value is -1.81. The Morgan fingerprint density at radius 3 is 2.07 bits per heavy atom. The Morgan fingerprint density at radius 2 is 1.50 bits per heavy atom. The average Bonchev–Trinajstić information content (AvgIpc) is 2.76. The highest BCUT2D eigenvalue weighted by atomic mass is 14.3. The summed E-state index contributed by atoms with van der Waals surface area (Å²) < 4.78 is 0. The molecule has 0 amide bonds. The van der Waals surface area contributed by atoms with Crippen molar-refractivity contribution in [3.8, 4) is 6.07 Å². The molecule has 0 unspecified atom stereocenters. The molecule has 0 aromatic heterocycles. The average molecular weight is 376 g/mol. The molecule has 2 aliphatic carbocycles. The largest absolute Gasteiger partial charge is 0.193 e. The third-order valence-corrected chi connectivity index (χ3v) is 7.11. The zero-order valence-corrected chi connectivity index (χ0v) is 17.7. The monoisotopic (exact) mass is 375 g/mol. The highest BCUT2D eigenvalue weighted by molar-refractivity contribution is 5.25. The second kappa shape index (κ2) is 11.3. The second-order valence-electron chi connectivity index (χ2n) is 8.98.